The van der Waals surface area contributed by atoms with E-state index in [-0.39, 0.29) is 11.0 Å². The topological polar surface area (TPSA) is 69.0 Å². The molecule has 0 unspecified atom stereocenters. The number of hydrogen-bond donors (Lipinski definition) is 0. The average Bonchev–Trinajstić information content (AvgIpc) is 2.72. The van der Waals surface area contributed by atoms with Crippen molar-refractivity contribution in [2.24, 2.45) is 0 Å². The van der Waals surface area contributed by atoms with Crippen LogP contribution in [0.3, 0.4) is 0 Å². The van der Waals surface area contributed by atoms with Crippen LogP contribution in [-0.2, 0) is 29.2 Å². The number of carbonyl (C=O) groups excluding carboxylic acids is 1. The second-order valence-corrected chi connectivity index (χ2v) is 7.45. The second kappa shape index (κ2) is 6.32. The van der Waals surface area contributed by atoms with Gasteiger partial charge in [0.05, 0.1) is 28.8 Å². The van der Waals surface area contributed by atoms with Gasteiger partial charge in [-0.15, -0.1) is 0 Å². The Labute approximate surface area is 114 Å². The summed E-state index contributed by atoms with van der Waals surface area (Å²) in [6.07, 6.45) is 2.16. The summed E-state index contributed by atoms with van der Waals surface area (Å²) in [4.78, 5) is 11.1. The van der Waals surface area contributed by atoms with Gasteiger partial charge in [-0.25, -0.2) is 8.42 Å². The van der Waals surface area contributed by atoms with Gasteiger partial charge < -0.3 is 0 Å². The van der Waals surface area contributed by atoms with E-state index in [2.05, 4.69) is 5.10 Å². The van der Waals surface area contributed by atoms with Crippen molar-refractivity contribution in [2.45, 2.75) is 52.3 Å². The summed E-state index contributed by atoms with van der Waals surface area (Å²) in [5.74, 6) is 0.0563. The molecule has 0 atom stereocenters. The molecule has 0 saturated carbocycles. The van der Waals surface area contributed by atoms with Gasteiger partial charge in [0.25, 0.3) is 0 Å². The van der Waals surface area contributed by atoms with E-state index in [0.717, 1.165) is 17.7 Å². The van der Waals surface area contributed by atoms with Crippen molar-refractivity contribution >= 4 is 16.1 Å². The van der Waals surface area contributed by atoms with Gasteiger partial charge in [-0.2, -0.15) is 5.10 Å². The smallest absolute Gasteiger partial charge is 0.154 e. The van der Waals surface area contributed by atoms with Gasteiger partial charge in [0.15, 0.2) is 16.1 Å². The second-order valence-electron chi connectivity index (χ2n) is 4.77. The molecule has 0 aromatic carbocycles. The quantitative estimate of drug-likeness (QED) is 0.715. The number of rotatable bonds is 7. The van der Waals surface area contributed by atoms with Crippen LogP contribution in [0.5, 0.6) is 0 Å². The molecule has 19 heavy (non-hydrogen) atoms. The van der Waals surface area contributed by atoms with Crippen molar-refractivity contribution < 1.29 is 13.2 Å². The first-order valence-corrected chi connectivity index (χ1v) is 8.34. The van der Waals surface area contributed by atoms with Crippen LogP contribution in [0.15, 0.2) is 0 Å². The van der Waals surface area contributed by atoms with Crippen molar-refractivity contribution in [3.05, 3.63) is 17.0 Å². The van der Waals surface area contributed by atoms with Gasteiger partial charge in [-0.3, -0.25) is 9.48 Å². The van der Waals surface area contributed by atoms with E-state index in [1.165, 1.54) is 0 Å². The van der Waals surface area contributed by atoms with Gasteiger partial charge in [0.2, 0.25) is 0 Å². The molecule has 0 fully saturated rings. The number of sulfone groups is 1. The van der Waals surface area contributed by atoms with Gasteiger partial charge >= 0.3 is 0 Å². The fraction of sp³-hybridized carbons (Fsp3) is 0.692. The van der Waals surface area contributed by atoms with E-state index in [9.17, 15) is 13.2 Å². The molecule has 0 bridgehead atoms. The molecule has 108 valence electrons. The summed E-state index contributed by atoms with van der Waals surface area (Å²) in [5.41, 5.74) is 2.19. The first kappa shape index (κ1) is 15.9. The normalized spacial score (nSPS) is 12.1. The van der Waals surface area contributed by atoms with Crippen molar-refractivity contribution in [3.8, 4) is 0 Å². The van der Waals surface area contributed by atoms with Crippen molar-refractivity contribution in [1.82, 2.24) is 9.78 Å². The molecule has 1 aromatic heterocycles. The predicted octanol–water partition coefficient (Wildman–Crippen LogP) is 1.64. The summed E-state index contributed by atoms with van der Waals surface area (Å²) in [6, 6.07) is 0. The lowest BCUT2D eigenvalue weighted by Crippen LogP contribution is -2.22. The molecule has 6 heteroatoms. The summed E-state index contributed by atoms with van der Waals surface area (Å²) in [7, 11) is -3.09. The van der Waals surface area contributed by atoms with E-state index in [4.69, 9.17) is 0 Å². The molecule has 1 aromatic rings. The molecule has 0 aliphatic carbocycles. The Kier molecular flexibility index (Phi) is 5.29. The Hall–Kier alpha value is -1.17. The summed E-state index contributed by atoms with van der Waals surface area (Å²) in [5, 5.41) is 3.97. The van der Waals surface area contributed by atoms with E-state index in [1.54, 1.807) is 18.5 Å². The number of hydrogen-bond acceptors (Lipinski definition) is 4. The molecule has 0 N–H and O–H groups in total. The van der Waals surface area contributed by atoms with Crippen LogP contribution >= 0.6 is 0 Å². The molecule has 1 heterocycles. The zero-order valence-corrected chi connectivity index (χ0v) is 12.8. The number of aldehydes is 1. The highest BCUT2D eigenvalue weighted by Gasteiger charge is 2.19. The molecule has 1 rings (SSSR count). The number of nitrogens with zero attached hydrogens (tertiary/aromatic N) is 2. The molecule has 0 amide bonds. The summed E-state index contributed by atoms with van der Waals surface area (Å²) in [6.45, 7) is 7.53. The number of aryl methyl sites for hydroxylation is 2. The third-order valence-corrected chi connectivity index (χ3v) is 5.46. The van der Waals surface area contributed by atoms with Crippen molar-refractivity contribution in [2.75, 3.05) is 5.75 Å². The molecule has 0 radical (unpaired) electrons. The first-order valence-electron chi connectivity index (χ1n) is 6.62. The minimum absolute atomic E-state index is 0.0563. The maximum Gasteiger partial charge on any atom is 0.154 e. The van der Waals surface area contributed by atoms with Gasteiger partial charge in [0.1, 0.15) is 0 Å². The molecule has 0 aliphatic rings. The summed E-state index contributed by atoms with van der Waals surface area (Å²) >= 11 is 0. The zero-order valence-electron chi connectivity index (χ0n) is 12.0. The molecular weight excluding hydrogens is 264 g/mol. The zero-order chi connectivity index (χ0) is 14.6. The molecule has 0 spiro atoms. The number of carbonyl (C=O) groups is 1. The highest BCUT2D eigenvalue weighted by Crippen LogP contribution is 2.14. The van der Waals surface area contributed by atoms with Gasteiger partial charge in [-0.1, -0.05) is 13.8 Å². The lowest BCUT2D eigenvalue weighted by atomic mass is 10.1. The van der Waals surface area contributed by atoms with E-state index in [1.807, 2.05) is 13.8 Å². The van der Waals surface area contributed by atoms with Crippen LogP contribution in [0.1, 0.15) is 49.4 Å². The lowest BCUT2D eigenvalue weighted by molar-refractivity contribution is 0.112. The first-order chi connectivity index (χ1) is 8.87. The van der Waals surface area contributed by atoms with Crippen LogP contribution in [0.25, 0.3) is 0 Å². The van der Waals surface area contributed by atoms with E-state index in [0.29, 0.717) is 24.9 Å². The Bertz CT molecular complexity index is 544. The molecule has 0 aliphatic heterocycles. The highest BCUT2D eigenvalue weighted by atomic mass is 32.2. The molecule has 0 saturated heterocycles. The maximum atomic E-state index is 11.8. The predicted molar refractivity (Wildman–Crippen MR) is 75.3 cm³/mol. The fourth-order valence-electron chi connectivity index (χ4n) is 1.97. The molecule has 5 nitrogen and oxygen atoms in total. The lowest BCUT2D eigenvalue weighted by Gasteiger charge is -2.09. The SMILES string of the molecule is CCc1nn(CCS(=O)(=O)C(C)C)c(CC)c1C=O. The average molecular weight is 286 g/mol. The van der Waals surface area contributed by atoms with Crippen LogP contribution in [-0.4, -0.2) is 35.5 Å². The Morgan fingerprint density at radius 1 is 1.26 bits per heavy atom. The van der Waals surface area contributed by atoms with Crippen molar-refractivity contribution in [1.29, 1.82) is 0 Å². The Morgan fingerprint density at radius 2 is 1.89 bits per heavy atom. The third kappa shape index (κ3) is 3.43. The van der Waals surface area contributed by atoms with Crippen LogP contribution in [0.2, 0.25) is 0 Å². The Balaban J connectivity index is 3.02. The summed E-state index contributed by atoms with van der Waals surface area (Å²) < 4.78 is 25.3. The minimum Gasteiger partial charge on any atom is -0.298 e. The highest BCUT2D eigenvalue weighted by molar-refractivity contribution is 7.91. The van der Waals surface area contributed by atoms with Crippen LogP contribution in [0, 0.1) is 0 Å². The largest absolute Gasteiger partial charge is 0.298 e. The van der Waals surface area contributed by atoms with Crippen LogP contribution in [0.4, 0.5) is 0 Å². The van der Waals surface area contributed by atoms with Gasteiger partial charge in [-0.05, 0) is 26.7 Å². The van der Waals surface area contributed by atoms with E-state index < -0.39 is 9.84 Å². The molecular formula is C13H22N2O3S. The minimum atomic E-state index is -3.09. The van der Waals surface area contributed by atoms with Gasteiger partial charge in [0, 0.05) is 5.69 Å². The monoisotopic (exact) mass is 286 g/mol. The fourth-order valence-corrected chi connectivity index (χ4v) is 2.87. The number of aromatic nitrogens is 2. The van der Waals surface area contributed by atoms with Crippen molar-refractivity contribution in [3.63, 3.8) is 0 Å². The Morgan fingerprint density at radius 3 is 2.32 bits per heavy atom. The third-order valence-electron chi connectivity index (χ3n) is 3.27. The standard InChI is InChI=1S/C13H22N2O3S/c1-5-12-11(9-16)13(6-2)15(14-12)7-8-19(17,18)10(3)4/h9-10H,5-8H2,1-4H3. The van der Waals surface area contributed by atoms with E-state index >= 15 is 0 Å². The van der Waals surface area contributed by atoms with Crippen LogP contribution < -0.4 is 0 Å². The maximum absolute atomic E-state index is 11.8.